The summed E-state index contributed by atoms with van der Waals surface area (Å²) in [6.45, 7) is 0. The average molecular weight is 170 g/mol. The fourth-order valence-corrected chi connectivity index (χ4v) is 1.37. The van der Waals surface area contributed by atoms with E-state index in [1.165, 1.54) is 0 Å². The summed E-state index contributed by atoms with van der Waals surface area (Å²) in [5.41, 5.74) is 7.45. The first-order chi connectivity index (χ1) is 6.42. The van der Waals surface area contributed by atoms with Crippen molar-refractivity contribution in [2.45, 2.75) is 0 Å². The van der Waals surface area contributed by atoms with Crippen LogP contribution >= 0.6 is 0 Å². The maximum atomic E-state index is 5.35. The van der Waals surface area contributed by atoms with Crippen LogP contribution < -0.4 is 5.73 Å². The lowest BCUT2D eigenvalue weighted by molar-refractivity contribution is 1.40. The summed E-state index contributed by atoms with van der Waals surface area (Å²) >= 11 is 0. The summed E-state index contributed by atoms with van der Waals surface area (Å²) in [7, 11) is 0. The van der Waals surface area contributed by atoms with Gasteiger partial charge in [0.15, 0.2) is 0 Å². The number of hydrogen-bond donors (Lipinski definition) is 1. The highest BCUT2D eigenvalue weighted by atomic mass is 14.6. The molecule has 0 aliphatic heterocycles. The fourth-order valence-electron chi connectivity index (χ4n) is 1.37. The molecule has 13 heavy (non-hydrogen) atoms. The van der Waals surface area contributed by atoms with Crippen LogP contribution in [0.15, 0.2) is 42.7 Å². The van der Waals surface area contributed by atoms with Crippen LogP contribution in [-0.4, -0.2) is 4.98 Å². The van der Waals surface area contributed by atoms with Crippen molar-refractivity contribution in [3.05, 3.63) is 48.3 Å². The topological polar surface area (TPSA) is 38.9 Å². The summed E-state index contributed by atoms with van der Waals surface area (Å²) in [5, 5.41) is 1.13. The minimum Gasteiger partial charge on any atom is -0.405 e. The molecule has 0 aliphatic carbocycles. The molecular weight excluding hydrogens is 160 g/mol. The van der Waals surface area contributed by atoms with Crippen LogP contribution in [0.3, 0.4) is 0 Å². The van der Waals surface area contributed by atoms with Gasteiger partial charge < -0.3 is 5.73 Å². The predicted molar refractivity (Wildman–Crippen MR) is 55.0 cm³/mol. The van der Waals surface area contributed by atoms with Gasteiger partial charge in [0.05, 0.1) is 5.52 Å². The molecule has 2 N–H and O–H groups in total. The SMILES string of the molecule is N/C=C/c1ccnc2ccccc12. The number of fused-ring (bicyclic) bond motifs is 1. The lowest BCUT2D eigenvalue weighted by Crippen LogP contribution is -1.83. The molecule has 1 heterocycles. The third-order valence-electron chi connectivity index (χ3n) is 1.96. The molecule has 0 spiro atoms. The maximum Gasteiger partial charge on any atom is 0.0707 e. The molecule has 2 aromatic rings. The number of benzene rings is 1. The summed E-state index contributed by atoms with van der Waals surface area (Å²) < 4.78 is 0. The highest BCUT2D eigenvalue weighted by Crippen LogP contribution is 2.16. The Kier molecular flexibility index (Phi) is 1.96. The lowest BCUT2D eigenvalue weighted by atomic mass is 10.1. The standard InChI is InChI=1S/C11H10N2/c12-7-5-9-6-8-13-11-4-2-1-3-10(9)11/h1-8H,12H2/b7-5+. The Morgan fingerprint density at radius 1 is 1.15 bits per heavy atom. The monoisotopic (exact) mass is 170 g/mol. The molecule has 64 valence electrons. The number of para-hydroxylation sites is 1. The molecule has 0 aliphatic rings. The number of nitrogens with two attached hydrogens (primary N) is 1. The van der Waals surface area contributed by atoms with Gasteiger partial charge in [-0.1, -0.05) is 18.2 Å². The molecule has 0 saturated carbocycles. The third-order valence-corrected chi connectivity index (χ3v) is 1.96. The Balaban J connectivity index is 2.75. The molecular formula is C11H10N2. The second-order valence-corrected chi connectivity index (χ2v) is 2.78. The number of aromatic nitrogens is 1. The zero-order valence-electron chi connectivity index (χ0n) is 7.14. The van der Waals surface area contributed by atoms with E-state index in [0.717, 1.165) is 16.5 Å². The van der Waals surface area contributed by atoms with E-state index in [-0.39, 0.29) is 0 Å². The van der Waals surface area contributed by atoms with Gasteiger partial charge in [-0.05, 0) is 30.0 Å². The molecule has 1 aromatic carbocycles. The zero-order valence-corrected chi connectivity index (χ0v) is 7.14. The van der Waals surface area contributed by atoms with Gasteiger partial charge in [0.25, 0.3) is 0 Å². The molecule has 2 nitrogen and oxygen atoms in total. The van der Waals surface area contributed by atoms with E-state index >= 15 is 0 Å². The van der Waals surface area contributed by atoms with E-state index in [0.29, 0.717) is 0 Å². The largest absolute Gasteiger partial charge is 0.405 e. The Hall–Kier alpha value is -1.83. The van der Waals surface area contributed by atoms with Gasteiger partial charge in [-0.15, -0.1) is 0 Å². The molecule has 0 unspecified atom stereocenters. The van der Waals surface area contributed by atoms with Crippen LogP contribution in [0.2, 0.25) is 0 Å². The van der Waals surface area contributed by atoms with Crippen molar-refractivity contribution in [2.75, 3.05) is 0 Å². The van der Waals surface area contributed by atoms with Gasteiger partial charge in [0.2, 0.25) is 0 Å². The van der Waals surface area contributed by atoms with E-state index in [1.54, 1.807) is 12.4 Å². The van der Waals surface area contributed by atoms with Crippen LogP contribution in [-0.2, 0) is 0 Å². The first-order valence-electron chi connectivity index (χ1n) is 4.14. The van der Waals surface area contributed by atoms with Crippen LogP contribution in [0.25, 0.3) is 17.0 Å². The van der Waals surface area contributed by atoms with Crippen molar-refractivity contribution >= 4 is 17.0 Å². The predicted octanol–water partition coefficient (Wildman–Crippen LogP) is 2.16. The third kappa shape index (κ3) is 1.38. The Labute approximate surface area is 76.7 Å². The summed E-state index contributed by atoms with van der Waals surface area (Å²) in [6, 6.07) is 9.95. The van der Waals surface area contributed by atoms with Gasteiger partial charge in [-0.25, -0.2) is 0 Å². The number of pyridine rings is 1. The highest BCUT2D eigenvalue weighted by Gasteiger charge is 1.95. The van der Waals surface area contributed by atoms with Gasteiger partial charge in [-0.2, -0.15) is 0 Å². The van der Waals surface area contributed by atoms with Crippen molar-refractivity contribution in [2.24, 2.45) is 5.73 Å². The van der Waals surface area contributed by atoms with Crippen molar-refractivity contribution in [3.63, 3.8) is 0 Å². The normalized spacial score (nSPS) is 11.1. The Bertz CT molecular complexity index is 441. The van der Waals surface area contributed by atoms with Crippen LogP contribution in [0.5, 0.6) is 0 Å². The van der Waals surface area contributed by atoms with Gasteiger partial charge >= 0.3 is 0 Å². The fraction of sp³-hybridized carbons (Fsp3) is 0. The van der Waals surface area contributed by atoms with Crippen LogP contribution in [0.1, 0.15) is 5.56 Å². The smallest absolute Gasteiger partial charge is 0.0707 e. The van der Waals surface area contributed by atoms with E-state index in [9.17, 15) is 0 Å². The van der Waals surface area contributed by atoms with Crippen LogP contribution in [0, 0.1) is 0 Å². The molecule has 0 saturated heterocycles. The first kappa shape index (κ1) is 7.80. The number of hydrogen-bond acceptors (Lipinski definition) is 2. The summed E-state index contributed by atoms with van der Waals surface area (Å²) in [6.07, 6.45) is 5.21. The molecule has 0 atom stereocenters. The second kappa shape index (κ2) is 3.27. The maximum absolute atomic E-state index is 5.35. The molecule has 2 heteroatoms. The molecule has 0 radical (unpaired) electrons. The Morgan fingerprint density at radius 3 is 2.85 bits per heavy atom. The highest BCUT2D eigenvalue weighted by molar-refractivity contribution is 5.87. The van der Waals surface area contributed by atoms with Crippen LogP contribution in [0.4, 0.5) is 0 Å². The first-order valence-corrected chi connectivity index (χ1v) is 4.14. The Morgan fingerprint density at radius 2 is 2.00 bits per heavy atom. The number of rotatable bonds is 1. The van der Waals surface area contributed by atoms with Crippen molar-refractivity contribution in [1.82, 2.24) is 4.98 Å². The quantitative estimate of drug-likeness (QED) is 0.712. The van der Waals surface area contributed by atoms with E-state index in [2.05, 4.69) is 4.98 Å². The van der Waals surface area contributed by atoms with E-state index < -0.39 is 0 Å². The lowest BCUT2D eigenvalue weighted by Gasteiger charge is -1.99. The number of nitrogens with zero attached hydrogens (tertiary/aromatic N) is 1. The molecule has 1 aromatic heterocycles. The molecule has 0 bridgehead atoms. The second-order valence-electron chi connectivity index (χ2n) is 2.78. The molecule has 0 fully saturated rings. The van der Waals surface area contributed by atoms with Crippen molar-refractivity contribution < 1.29 is 0 Å². The van der Waals surface area contributed by atoms with Gasteiger partial charge in [0, 0.05) is 11.6 Å². The summed E-state index contributed by atoms with van der Waals surface area (Å²) in [5.74, 6) is 0. The van der Waals surface area contributed by atoms with E-state index in [4.69, 9.17) is 5.73 Å². The minimum absolute atomic E-state index is 0.998. The van der Waals surface area contributed by atoms with E-state index in [1.807, 2.05) is 36.4 Å². The summed E-state index contributed by atoms with van der Waals surface area (Å²) in [4.78, 5) is 4.25. The van der Waals surface area contributed by atoms with Gasteiger partial charge in [-0.3, -0.25) is 4.98 Å². The molecule has 0 amide bonds. The van der Waals surface area contributed by atoms with Crippen molar-refractivity contribution in [1.29, 1.82) is 0 Å². The van der Waals surface area contributed by atoms with Gasteiger partial charge in [0.1, 0.15) is 0 Å². The zero-order chi connectivity index (χ0) is 9.10. The van der Waals surface area contributed by atoms with Crippen molar-refractivity contribution in [3.8, 4) is 0 Å². The minimum atomic E-state index is 0.998. The average Bonchev–Trinajstić information content (AvgIpc) is 2.19. The molecule has 2 rings (SSSR count).